The summed E-state index contributed by atoms with van der Waals surface area (Å²) in [6, 6.07) is 14.2. The van der Waals surface area contributed by atoms with Gasteiger partial charge in [0, 0.05) is 43.3 Å². The van der Waals surface area contributed by atoms with Crippen LogP contribution < -0.4 is 4.90 Å². The van der Waals surface area contributed by atoms with Crippen molar-refractivity contribution in [3.63, 3.8) is 0 Å². The summed E-state index contributed by atoms with van der Waals surface area (Å²) in [6.07, 6.45) is 2.04. The summed E-state index contributed by atoms with van der Waals surface area (Å²) in [5.41, 5.74) is 2.90. The molecule has 8 nitrogen and oxygen atoms in total. The van der Waals surface area contributed by atoms with Crippen molar-refractivity contribution >= 4 is 32.4 Å². The van der Waals surface area contributed by atoms with E-state index in [1.807, 2.05) is 26.0 Å². The monoisotopic (exact) mass is 532 g/mol. The van der Waals surface area contributed by atoms with Crippen molar-refractivity contribution in [1.82, 2.24) is 8.87 Å². The fourth-order valence-electron chi connectivity index (χ4n) is 5.53. The maximum Gasteiger partial charge on any atom is 0.268 e. The molecule has 3 aromatic rings. The summed E-state index contributed by atoms with van der Waals surface area (Å²) in [5, 5.41) is 9.93. The van der Waals surface area contributed by atoms with Gasteiger partial charge in [0.1, 0.15) is 11.8 Å². The number of nitriles is 1. The molecule has 0 unspecified atom stereocenters. The van der Waals surface area contributed by atoms with Crippen molar-refractivity contribution in [3.8, 4) is 6.07 Å². The van der Waals surface area contributed by atoms with Crippen molar-refractivity contribution < 1.29 is 17.9 Å². The van der Waals surface area contributed by atoms with Gasteiger partial charge >= 0.3 is 0 Å². The summed E-state index contributed by atoms with van der Waals surface area (Å²) in [6.45, 7) is 12.6. The van der Waals surface area contributed by atoms with Gasteiger partial charge in [-0.3, -0.25) is 9.69 Å². The van der Waals surface area contributed by atoms with Gasteiger partial charge in [-0.15, -0.1) is 0 Å². The highest BCUT2D eigenvalue weighted by molar-refractivity contribution is 7.90. The molecule has 0 aliphatic carbocycles. The first-order valence-electron chi connectivity index (χ1n) is 12.9. The molecule has 2 aliphatic heterocycles. The molecule has 0 spiro atoms. The molecule has 0 bridgehead atoms. The molecular formula is C29H32N4O4S. The van der Waals surface area contributed by atoms with Crippen molar-refractivity contribution in [1.29, 1.82) is 5.26 Å². The summed E-state index contributed by atoms with van der Waals surface area (Å²) >= 11 is 0. The Morgan fingerprint density at radius 2 is 1.68 bits per heavy atom. The second-order valence-corrected chi connectivity index (χ2v) is 11.9. The second-order valence-electron chi connectivity index (χ2n) is 10.1. The number of hydrogen-bond donors (Lipinski definition) is 0. The van der Waals surface area contributed by atoms with E-state index in [-0.39, 0.29) is 16.2 Å². The Balaban J connectivity index is 1.57. The number of piperidine rings is 1. The molecule has 38 heavy (non-hydrogen) atoms. The third-order valence-corrected chi connectivity index (χ3v) is 9.39. The van der Waals surface area contributed by atoms with Crippen LogP contribution in [0.4, 0.5) is 5.69 Å². The number of rotatable bonds is 6. The van der Waals surface area contributed by atoms with E-state index in [9.17, 15) is 18.5 Å². The van der Waals surface area contributed by atoms with Crippen molar-refractivity contribution in [3.05, 3.63) is 71.4 Å². The number of morpholine rings is 1. The van der Waals surface area contributed by atoms with Crippen molar-refractivity contribution in [2.75, 3.05) is 44.3 Å². The Morgan fingerprint density at radius 3 is 2.32 bits per heavy atom. The predicted molar refractivity (Wildman–Crippen MR) is 147 cm³/mol. The Kier molecular flexibility index (Phi) is 7.14. The van der Waals surface area contributed by atoms with Crippen LogP contribution in [0, 0.1) is 25.2 Å². The highest BCUT2D eigenvalue weighted by atomic mass is 32.2. The lowest BCUT2D eigenvalue weighted by molar-refractivity contribution is 0.0115. The van der Waals surface area contributed by atoms with E-state index in [2.05, 4.69) is 16.4 Å². The van der Waals surface area contributed by atoms with E-state index in [1.54, 1.807) is 24.3 Å². The van der Waals surface area contributed by atoms with E-state index in [0.717, 1.165) is 73.0 Å². The number of aryl methyl sites for hydroxylation is 2. The quantitative estimate of drug-likeness (QED) is 0.268. The third-order valence-electron chi connectivity index (χ3n) is 7.64. The average molecular weight is 533 g/mol. The lowest BCUT2D eigenvalue weighted by Gasteiger charge is -2.41. The lowest BCUT2D eigenvalue weighted by atomic mass is 10.0. The first kappa shape index (κ1) is 26.2. The standard InChI is InChI=1S/C29H32N4O4S/c1-20-4-6-25(7-5-20)38(35,36)33-27-18-26(21(2)16-23(27)17-28(33)29(34)22(3)19-30)32-10-8-24(9-11-32)31-12-14-37-15-13-31/h4-7,16-18,24H,3,8-15H2,1-2H3. The van der Waals surface area contributed by atoms with Crippen LogP contribution in [-0.2, 0) is 14.8 Å². The topological polar surface area (TPSA) is 95.6 Å². The zero-order valence-electron chi connectivity index (χ0n) is 21.8. The highest BCUT2D eigenvalue weighted by Gasteiger charge is 2.30. The van der Waals surface area contributed by atoms with Gasteiger partial charge < -0.3 is 9.64 Å². The molecule has 2 aliphatic rings. The maximum absolute atomic E-state index is 13.9. The van der Waals surface area contributed by atoms with E-state index in [1.165, 1.54) is 12.1 Å². The number of fused-ring (bicyclic) bond motifs is 1. The van der Waals surface area contributed by atoms with Crippen LogP contribution in [0.3, 0.4) is 0 Å². The molecular weight excluding hydrogens is 500 g/mol. The van der Waals surface area contributed by atoms with Crippen molar-refractivity contribution in [2.45, 2.75) is 37.6 Å². The van der Waals surface area contributed by atoms with Crippen LogP contribution in [-0.4, -0.2) is 68.5 Å². The van der Waals surface area contributed by atoms with Gasteiger partial charge in [-0.05, 0) is 62.6 Å². The molecule has 1 aromatic heterocycles. The predicted octanol–water partition coefficient (Wildman–Crippen LogP) is 4.06. The minimum absolute atomic E-state index is 0.0747. The SMILES string of the molecule is C=C(C#N)C(=O)c1cc2cc(C)c(N3CCC(N4CCOCC4)CC3)cc2n1S(=O)(=O)c1ccc(C)cc1. The van der Waals surface area contributed by atoms with Gasteiger partial charge in [0.05, 0.1) is 29.2 Å². The molecule has 2 aromatic carbocycles. The van der Waals surface area contributed by atoms with Crippen LogP contribution in [0.15, 0.2) is 59.5 Å². The van der Waals surface area contributed by atoms with Gasteiger partial charge in [-0.25, -0.2) is 12.4 Å². The molecule has 0 atom stereocenters. The van der Waals surface area contributed by atoms with Gasteiger partial charge in [0.15, 0.2) is 0 Å². The number of carbonyl (C=O) groups excluding carboxylic acids is 1. The number of hydrogen-bond acceptors (Lipinski definition) is 7. The fraction of sp³-hybridized carbons (Fsp3) is 0.379. The summed E-state index contributed by atoms with van der Waals surface area (Å²) in [7, 11) is -4.13. The Labute approximate surface area is 223 Å². The van der Waals surface area contributed by atoms with Crippen LogP contribution in [0.1, 0.15) is 34.5 Å². The zero-order chi connectivity index (χ0) is 27.0. The van der Waals surface area contributed by atoms with E-state index in [4.69, 9.17) is 4.74 Å². The molecule has 2 fully saturated rings. The Hall–Kier alpha value is -3.45. The van der Waals surface area contributed by atoms with E-state index < -0.39 is 15.8 Å². The van der Waals surface area contributed by atoms with E-state index >= 15 is 0 Å². The van der Waals surface area contributed by atoms with Crippen molar-refractivity contribution in [2.24, 2.45) is 0 Å². The van der Waals surface area contributed by atoms with Gasteiger partial charge in [-0.1, -0.05) is 24.3 Å². The summed E-state index contributed by atoms with van der Waals surface area (Å²) in [4.78, 5) is 18.0. The van der Waals surface area contributed by atoms with Crippen LogP contribution in [0.5, 0.6) is 0 Å². The molecule has 3 heterocycles. The second kappa shape index (κ2) is 10.4. The molecule has 2 saturated heterocycles. The minimum Gasteiger partial charge on any atom is -0.379 e. The molecule has 0 radical (unpaired) electrons. The molecule has 0 amide bonds. The number of benzene rings is 2. The maximum atomic E-state index is 13.9. The normalized spacial score (nSPS) is 17.4. The number of ketones is 1. The van der Waals surface area contributed by atoms with E-state index in [0.29, 0.717) is 16.9 Å². The fourth-order valence-corrected chi connectivity index (χ4v) is 7.03. The Bertz CT molecular complexity index is 1540. The number of allylic oxidation sites excluding steroid dienone is 1. The number of Topliss-reactive ketones (excluding diaryl/α,β-unsaturated/α-hetero) is 1. The number of carbonyl (C=O) groups is 1. The minimum atomic E-state index is -4.13. The Morgan fingerprint density at radius 1 is 1.03 bits per heavy atom. The lowest BCUT2D eigenvalue weighted by Crippen LogP contribution is -2.49. The van der Waals surface area contributed by atoms with Gasteiger partial charge in [-0.2, -0.15) is 5.26 Å². The highest BCUT2D eigenvalue weighted by Crippen LogP contribution is 2.34. The molecule has 0 N–H and O–H groups in total. The number of anilines is 1. The summed E-state index contributed by atoms with van der Waals surface area (Å²) in [5.74, 6) is -0.704. The molecule has 0 saturated carbocycles. The smallest absolute Gasteiger partial charge is 0.268 e. The molecule has 9 heteroatoms. The number of ether oxygens (including phenoxy) is 1. The van der Waals surface area contributed by atoms with Crippen LogP contribution in [0.2, 0.25) is 0 Å². The number of aromatic nitrogens is 1. The first-order valence-corrected chi connectivity index (χ1v) is 14.3. The molecule has 198 valence electrons. The number of nitrogens with zero attached hydrogens (tertiary/aromatic N) is 4. The average Bonchev–Trinajstić information content (AvgIpc) is 3.31. The van der Waals surface area contributed by atoms with Gasteiger partial charge in [0.25, 0.3) is 10.0 Å². The third kappa shape index (κ3) is 4.75. The summed E-state index contributed by atoms with van der Waals surface area (Å²) < 4.78 is 34.4. The zero-order valence-corrected chi connectivity index (χ0v) is 22.6. The van der Waals surface area contributed by atoms with Gasteiger partial charge in [0.2, 0.25) is 5.78 Å². The first-order chi connectivity index (χ1) is 18.2. The van der Waals surface area contributed by atoms with Crippen LogP contribution >= 0.6 is 0 Å². The molecule has 5 rings (SSSR count). The largest absolute Gasteiger partial charge is 0.379 e. The van der Waals surface area contributed by atoms with Crippen LogP contribution in [0.25, 0.3) is 10.9 Å².